The number of methoxy groups -OCH3 is 1. The second-order valence-electron chi connectivity index (χ2n) is 8.01. The van der Waals surface area contributed by atoms with Crippen LogP contribution in [0, 0.1) is 0 Å². The average molecular weight is 424 g/mol. The van der Waals surface area contributed by atoms with E-state index in [2.05, 4.69) is 9.62 Å². The number of hydrogen-bond acceptors (Lipinski definition) is 5. The van der Waals surface area contributed by atoms with Crippen molar-refractivity contribution < 1.29 is 17.9 Å². The van der Waals surface area contributed by atoms with E-state index in [1.807, 2.05) is 11.9 Å². The Morgan fingerprint density at radius 2 is 1.90 bits per heavy atom. The minimum Gasteiger partial charge on any atom is -0.367 e. The second kappa shape index (κ2) is 9.55. The topological polar surface area (TPSA) is 78.9 Å². The van der Waals surface area contributed by atoms with Crippen molar-refractivity contribution in [3.05, 3.63) is 29.8 Å². The third-order valence-corrected chi connectivity index (χ3v) is 7.76. The first kappa shape index (κ1) is 22.2. The zero-order valence-electron chi connectivity index (χ0n) is 17.6. The summed E-state index contributed by atoms with van der Waals surface area (Å²) in [6.45, 7) is 2.22. The van der Waals surface area contributed by atoms with Crippen molar-refractivity contribution in [3.8, 4) is 0 Å². The number of sulfonamides is 1. The molecule has 1 N–H and O–H groups in total. The first-order valence-corrected chi connectivity index (χ1v) is 11.9. The van der Waals surface area contributed by atoms with Gasteiger partial charge in [-0.15, -0.1) is 0 Å². The Hall–Kier alpha value is -1.48. The lowest BCUT2D eigenvalue weighted by atomic mass is 9.88. The van der Waals surface area contributed by atoms with E-state index in [0.29, 0.717) is 11.6 Å². The molecule has 1 heterocycles. The smallest absolute Gasteiger partial charge is 0.256 e. The maximum absolute atomic E-state index is 13.4. The highest BCUT2D eigenvalue weighted by molar-refractivity contribution is 7.89. The van der Waals surface area contributed by atoms with E-state index in [4.69, 9.17) is 4.74 Å². The van der Waals surface area contributed by atoms with Crippen LogP contribution in [0.15, 0.2) is 29.2 Å². The predicted molar refractivity (Wildman–Crippen MR) is 112 cm³/mol. The highest BCUT2D eigenvalue weighted by atomic mass is 32.2. The molecule has 162 valence electrons. The van der Waals surface area contributed by atoms with E-state index in [0.717, 1.165) is 32.4 Å². The Balaban J connectivity index is 1.82. The van der Waals surface area contributed by atoms with Gasteiger partial charge in [-0.3, -0.25) is 9.69 Å². The molecule has 1 aromatic carbocycles. The van der Waals surface area contributed by atoms with Crippen molar-refractivity contribution in [2.45, 2.75) is 61.6 Å². The molecule has 0 spiro atoms. The van der Waals surface area contributed by atoms with Crippen LogP contribution in [-0.4, -0.2) is 70.5 Å². The van der Waals surface area contributed by atoms with E-state index >= 15 is 0 Å². The molecule has 3 rings (SSSR count). The van der Waals surface area contributed by atoms with Crippen LogP contribution in [0.2, 0.25) is 0 Å². The lowest BCUT2D eigenvalue weighted by molar-refractivity contribution is -0.145. The molecule has 0 bridgehead atoms. The van der Waals surface area contributed by atoms with Gasteiger partial charge in [0.15, 0.2) is 6.10 Å². The van der Waals surface area contributed by atoms with Gasteiger partial charge in [0.1, 0.15) is 0 Å². The van der Waals surface area contributed by atoms with E-state index in [1.54, 1.807) is 12.1 Å². The minimum absolute atomic E-state index is 0.123. The molecule has 3 atom stereocenters. The van der Waals surface area contributed by atoms with Crippen molar-refractivity contribution in [2.75, 3.05) is 34.3 Å². The quantitative estimate of drug-likeness (QED) is 0.727. The van der Waals surface area contributed by atoms with Crippen LogP contribution < -0.4 is 4.72 Å². The summed E-state index contributed by atoms with van der Waals surface area (Å²) in [6.07, 6.45) is 6.08. The number of ether oxygens (including phenoxy) is 1. The minimum atomic E-state index is -3.59. The van der Waals surface area contributed by atoms with E-state index in [9.17, 15) is 13.2 Å². The number of amides is 1. The summed E-state index contributed by atoms with van der Waals surface area (Å²) in [4.78, 5) is 17.9. The number of carbonyl (C=O) groups excluding carboxylic acids is 1. The molecule has 1 saturated heterocycles. The van der Waals surface area contributed by atoms with Gasteiger partial charge < -0.3 is 9.64 Å². The van der Waals surface area contributed by atoms with Crippen molar-refractivity contribution in [2.24, 2.45) is 0 Å². The van der Waals surface area contributed by atoms with Gasteiger partial charge in [-0.25, -0.2) is 13.1 Å². The number of likely N-dealkylation sites (N-methyl/N-ethyl adjacent to an activating group) is 1. The monoisotopic (exact) mass is 423 g/mol. The predicted octanol–water partition coefficient (Wildman–Crippen LogP) is 2.15. The zero-order valence-corrected chi connectivity index (χ0v) is 18.5. The number of likely N-dealkylation sites (tertiary alicyclic amines) is 1. The van der Waals surface area contributed by atoms with Gasteiger partial charge in [-0.05, 0) is 63.5 Å². The van der Waals surface area contributed by atoms with E-state index in [-0.39, 0.29) is 16.8 Å². The number of rotatable bonds is 7. The van der Waals surface area contributed by atoms with Crippen molar-refractivity contribution in [3.63, 3.8) is 0 Å². The molecule has 2 aliphatic rings. The third kappa shape index (κ3) is 4.82. The molecule has 7 nitrogen and oxygen atoms in total. The molecule has 1 aliphatic heterocycles. The maximum Gasteiger partial charge on any atom is 0.256 e. The Bertz CT molecular complexity index is 808. The SMILES string of the molecule is CNS(=O)(=O)c1cccc(C(OC)C(=O)N(C)C2CCCCC2N2CCCC2)c1. The first-order chi connectivity index (χ1) is 13.9. The molecule has 1 aromatic rings. The Morgan fingerprint density at radius 1 is 1.21 bits per heavy atom. The Morgan fingerprint density at radius 3 is 2.55 bits per heavy atom. The van der Waals surface area contributed by atoms with E-state index in [1.165, 1.54) is 45.6 Å². The summed E-state index contributed by atoms with van der Waals surface area (Å²) in [5.41, 5.74) is 0.550. The Kier molecular flexibility index (Phi) is 7.32. The van der Waals surface area contributed by atoms with Crippen LogP contribution in [0.4, 0.5) is 0 Å². The molecule has 29 heavy (non-hydrogen) atoms. The molecular weight excluding hydrogens is 390 g/mol. The van der Waals surface area contributed by atoms with Crippen molar-refractivity contribution in [1.29, 1.82) is 0 Å². The van der Waals surface area contributed by atoms with Crippen molar-refractivity contribution >= 4 is 15.9 Å². The molecule has 0 aromatic heterocycles. The third-order valence-electron chi connectivity index (χ3n) is 6.35. The molecule has 1 amide bonds. The molecule has 1 saturated carbocycles. The summed E-state index contributed by atoms with van der Waals surface area (Å²) in [6, 6.07) is 6.98. The fraction of sp³-hybridized carbons (Fsp3) is 0.667. The molecular formula is C21H33N3O4S. The lowest BCUT2D eigenvalue weighted by Gasteiger charge is -2.43. The molecule has 0 radical (unpaired) electrons. The number of nitrogens with zero attached hydrogens (tertiary/aromatic N) is 2. The summed E-state index contributed by atoms with van der Waals surface area (Å²) >= 11 is 0. The summed E-state index contributed by atoms with van der Waals surface area (Å²) in [5.74, 6) is -0.123. The highest BCUT2D eigenvalue weighted by Crippen LogP contribution is 2.31. The molecule has 2 fully saturated rings. The molecule has 1 aliphatic carbocycles. The van der Waals surface area contributed by atoms with Crippen LogP contribution >= 0.6 is 0 Å². The van der Waals surface area contributed by atoms with Gasteiger partial charge in [0, 0.05) is 26.2 Å². The summed E-state index contributed by atoms with van der Waals surface area (Å²) in [7, 11) is 1.14. The standard InChI is InChI=1S/C21H33N3O4S/c1-22-29(26,27)17-10-8-9-16(15-17)20(28-3)21(25)23(2)18-11-4-5-12-19(18)24-13-6-7-14-24/h8-10,15,18-20,22H,4-7,11-14H2,1-3H3. The van der Waals surface area contributed by atoms with Crippen LogP contribution in [0.5, 0.6) is 0 Å². The van der Waals surface area contributed by atoms with E-state index < -0.39 is 16.1 Å². The number of benzene rings is 1. The highest BCUT2D eigenvalue weighted by Gasteiger charge is 2.37. The van der Waals surface area contributed by atoms with Crippen LogP contribution in [0.3, 0.4) is 0 Å². The molecule has 3 unspecified atom stereocenters. The first-order valence-electron chi connectivity index (χ1n) is 10.5. The lowest BCUT2D eigenvalue weighted by Crippen LogP contribution is -2.54. The van der Waals surface area contributed by atoms with Crippen LogP contribution in [0.25, 0.3) is 0 Å². The molecule has 8 heteroatoms. The van der Waals surface area contributed by atoms with Gasteiger partial charge in [-0.2, -0.15) is 0 Å². The van der Waals surface area contributed by atoms with Gasteiger partial charge in [-0.1, -0.05) is 25.0 Å². The normalized spacial score (nSPS) is 24.4. The fourth-order valence-electron chi connectivity index (χ4n) is 4.73. The van der Waals surface area contributed by atoms with Gasteiger partial charge in [0.05, 0.1) is 4.90 Å². The zero-order chi connectivity index (χ0) is 21.0. The van der Waals surface area contributed by atoms with Gasteiger partial charge >= 0.3 is 0 Å². The van der Waals surface area contributed by atoms with Gasteiger partial charge in [0.2, 0.25) is 10.0 Å². The summed E-state index contributed by atoms with van der Waals surface area (Å²) in [5, 5.41) is 0. The van der Waals surface area contributed by atoms with Crippen LogP contribution in [-0.2, 0) is 19.6 Å². The largest absolute Gasteiger partial charge is 0.367 e. The fourth-order valence-corrected chi connectivity index (χ4v) is 5.52. The van der Waals surface area contributed by atoms with Crippen molar-refractivity contribution in [1.82, 2.24) is 14.5 Å². The van der Waals surface area contributed by atoms with Crippen LogP contribution in [0.1, 0.15) is 50.2 Å². The number of nitrogens with one attached hydrogen (secondary N) is 1. The second-order valence-corrected chi connectivity index (χ2v) is 9.89. The number of hydrogen-bond donors (Lipinski definition) is 1. The Labute approximate surface area is 174 Å². The summed E-state index contributed by atoms with van der Waals surface area (Å²) < 4.78 is 32.2. The maximum atomic E-state index is 13.4. The average Bonchev–Trinajstić information content (AvgIpc) is 3.28. The van der Waals surface area contributed by atoms with Gasteiger partial charge in [0.25, 0.3) is 5.91 Å². The number of carbonyl (C=O) groups is 1.